The van der Waals surface area contributed by atoms with E-state index < -0.39 is 6.09 Å². The molecule has 1 aromatic carbocycles. The number of ether oxygens (including phenoxy) is 3. The minimum Gasteiger partial charge on any atom is -0.490 e. The fourth-order valence-corrected chi connectivity index (χ4v) is 1.61. The van der Waals surface area contributed by atoms with Gasteiger partial charge in [-0.3, -0.25) is 10.2 Å². The van der Waals surface area contributed by atoms with Crippen molar-refractivity contribution in [1.29, 1.82) is 0 Å². The molecular formula is C14H20N2O5. The molecule has 0 radical (unpaired) electrons. The Labute approximate surface area is 123 Å². The fourth-order valence-electron chi connectivity index (χ4n) is 1.61. The number of carbonyl (C=O) groups is 2. The van der Waals surface area contributed by atoms with Crippen LogP contribution in [0.3, 0.4) is 0 Å². The molecule has 0 aliphatic rings. The van der Waals surface area contributed by atoms with Crippen molar-refractivity contribution in [3.8, 4) is 11.5 Å². The van der Waals surface area contributed by atoms with Crippen molar-refractivity contribution in [2.24, 2.45) is 0 Å². The first-order valence-electron chi connectivity index (χ1n) is 6.62. The highest BCUT2D eigenvalue weighted by atomic mass is 16.5. The van der Waals surface area contributed by atoms with Gasteiger partial charge in [-0.15, -0.1) is 0 Å². The lowest BCUT2D eigenvalue weighted by Crippen LogP contribution is -2.42. The number of hydrazine groups is 1. The van der Waals surface area contributed by atoms with E-state index in [0.29, 0.717) is 24.7 Å². The number of hydrogen-bond donors (Lipinski definition) is 2. The first-order valence-corrected chi connectivity index (χ1v) is 6.62. The Morgan fingerprint density at radius 3 is 2.33 bits per heavy atom. The van der Waals surface area contributed by atoms with Gasteiger partial charge in [0.25, 0.3) is 0 Å². The Morgan fingerprint density at radius 1 is 1.05 bits per heavy atom. The van der Waals surface area contributed by atoms with Crippen molar-refractivity contribution in [2.45, 2.75) is 20.3 Å². The van der Waals surface area contributed by atoms with Crippen LogP contribution in [0.4, 0.5) is 4.79 Å². The molecule has 7 nitrogen and oxygen atoms in total. The number of carbonyl (C=O) groups excluding carboxylic acids is 2. The second-order valence-corrected chi connectivity index (χ2v) is 3.99. The standard InChI is InChI=1S/C14H20N2O5/c1-4-20-11-7-6-10(8-12(11)21-5-2)9-13(17)15-16-14(18)19-3/h6-8H,4-5,9H2,1-3H3,(H,15,17)(H,16,18). The van der Waals surface area contributed by atoms with Gasteiger partial charge in [0.2, 0.25) is 5.91 Å². The number of hydrogen-bond acceptors (Lipinski definition) is 5. The van der Waals surface area contributed by atoms with Crippen molar-refractivity contribution < 1.29 is 23.8 Å². The van der Waals surface area contributed by atoms with E-state index in [2.05, 4.69) is 15.6 Å². The summed E-state index contributed by atoms with van der Waals surface area (Å²) < 4.78 is 15.3. The van der Waals surface area contributed by atoms with Crippen LogP contribution in [0, 0.1) is 0 Å². The summed E-state index contributed by atoms with van der Waals surface area (Å²) in [5.74, 6) is 0.855. The van der Waals surface area contributed by atoms with Gasteiger partial charge < -0.3 is 14.2 Å². The van der Waals surface area contributed by atoms with Crippen LogP contribution >= 0.6 is 0 Å². The molecule has 0 aliphatic carbocycles. The summed E-state index contributed by atoms with van der Waals surface area (Å²) in [6.07, 6.45) is -0.638. The molecule has 0 aromatic heterocycles. The van der Waals surface area contributed by atoms with E-state index in [0.717, 1.165) is 5.56 Å². The van der Waals surface area contributed by atoms with E-state index in [9.17, 15) is 9.59 Å². The Morgan fingerprint density at radius 2 is 1.71 bits per heavy atom. The summed E-state index contributed by atoms with van der Waals surface area (Å²) in [6.45, 7) is 4.79. The van der Waals surface area contributed by atoms with Crippen LogP contribution in [0.1, 0.15) is 19.4 Å². The van der Waals surface area contributed by atoms with Crippen LogP contribution in [-0.4, -0.2) is 32.3 Å². The molecule has 0 aliphatic heterocycles. The zero-order valence-corrected chi connectivity index (χ0v) is 12.4. The topological polar surface area (TPSA) is 85.9 Å². The van der Waals surface area contributed by atoms with Gasteiger partial charge in [0.1, 0.15) is 0 Å². The molecule has 1 rings (SSSR count). The largest absolute Gasteiger partial charge is 0.490 e. The van der Waals surface area contributed by atoms with Crippen LogP contribution in [0.5, 0.6) is 11.5 Å². The zero-order chi connectivity index (χ0) is 15.7. The Kier molecular flexibility index (Phi) is 6.86. The van der Waals surface area contributed by atoms with E-state index >= 15 is 0 Å². The average molecular weight is 296 g/mol. The highest BCUT2D eigenvalue weighted by Crippen LogP contribution is 2.28. The third kappa shape index (κ3) is 5.60. The molecular weight excluding hydrogens is 276 g/mol. The maximum absolute atomic E-state index is 11.7. The third-order valence-corrected chi connectivity index (χ3v) is 2.46. The first kappa shape index (κ1) is 16.6. The van der Waals surface area contributed by atoms with Crippen LogP contribution in [0.25, 0.3) is 0 Å². The zero-order valence-electron chi connectivity index (χ0n) is 12.4. The van der Waals surface area contributed by atoms with Gasteiger partial charge in [-0.2, -0.15) is 0 Å². The second-order valence-electron chi connectivity index (χ2n) is 3.99. The lowest BCUT2D eigenvalue weighted by atomic mass is 10.1. The number of methoxy groups -OCH3 is 1. The lowest BCUT2D eigenvalue weighted by Gasteiger charge is -2.12. The highest BCUT2D eigenvalue weighted by Gasteiger charge is 2.10. The predicted molar refractivity (Wildman–Crippen MR) is 76.2 cm³/mol. The molecule has 1 aromatic rings. The molecule has 21 heavy (non-hydrogen) atoms. The molecule has 0 bridgehead atoms. The highest BCUT2D eigenvalue weighted by molar-refractivity contribution is 5.81. The van der Waals surface area contributed by atoms with Crippen LogP contribution in [0.2, 0.25) is 0 Å². The molecule has 0 saturated heterocycles. The average Bonchev–Trinajstić information content (AvgIpc) is 2.48. The van der Waals surface area contributed by atoms with Gasteiger partial charge >= 0.3 is 6.09 Å². The number of benzene rings is 1. The van der Waals surface area contributed by atoms with Crippen LogP contribution in [0.15, 0.2) is 18.2 Å². The number of nitrogens with one attached hydrogen (secondary N) is 2. The number of amides is 2. The van der Waals surface area contributed by atoms with E-state index in [1.807, 2.05) is 13.8 Å². The molecule has 0 heterocycles. The van der Waals surface area contributed by atoms with Gasteiger partial charge in [0.05, 0.1) is 26.7 Å². The first-order chi connectivity index (χ1) is 10.1. The minimum absolute atomic E-state index is 0.0937. The van der Waals surface area contributed by atoms with Gasteiger partial charge in [-0.1, -0.05) is 6.07 Å². The third-order valence-electron chi connectivity index (χ3n) is 2.46. The molecule has 7 heteroatoms. The summed E-state index contributed by atoms with van der Waals surface area (Å²) in [6, 6.07) is 5.27. The fraction of sp³-hybridized carbons (Fsp3) is 0.429. The van der Waals surface area contributed by atoms with Crippen LogP contribution < -0.4 is 20.3 Å². The monoisotopic (exact) mass is 296 g/mol. The maximum Gasteiger partial charge on any atom is 0.425 e. The van der Waals surface area contributed by atoms with Gasteiger partial charge in [0, 0.05) is 0 Å². The van der Waals surface area contributed by atoms with Crippen molar-refractivity contribution in [3.05, 3.63) is 23.8 Å². The Bertz CT molecular complexity index is 490. The minimum atomic E-state index is -0.731. The molecule has 0 saturated carbocycles. The van der Waals surface area contributed by atoms with E-state index in [1.54, 1.807) is 18.2 Å². The molecule has 116 valence electrons. The SMILES string of the molecule is CCOc1ccc(CC(=O)NNC(=O)OC)cc1OCC. The van der Waals surface area contributed by atoms with Gasteiger partial charge in [-0.05, 0) is 31.5 Å². The van der Waals surface area contributed by atoms with Crippen LogP contribution in [-0.2, 0) is 16.0 Å². The molecule has 0 spiro atoms. The quantitative estimate of drug-likeness (QED) is 0.775. The molecule has 2 N–H and O–H groups in total. The molecule has 0 unspecified atom stereocenters. The van der Waals surface area contributed by atoms with E-state index in [4.69, 9.17) is 9.47 Å². The lowest BCUT2D eigenvalue weighted by molar-refractivity contribution is -0.121. The Balaban J connectivity index is 2.68. The van der Waals surface area contributed by atoms with Gasteiger partial charge in [-0.25, -0.2) is 10.2 Å². The summed E-state index contributed by atoms with van der Waals surface area (Å²) in [7, 11) is 1.21. The summed E-state index contributed by atoms with van der Waals surface area (Å²) in [5, 5.41) is 0. The van der Waals surface area contributed by atoms with E-state index in [1.165, 1.54) is 7.11 Å². The van der Waals surface area contributed by atoms with E-state index in [-0.39, 0.29) is 12.3 Å². The molecule has 2 amide bonds. The molecule has 0 atom stereocenters. The summed E-state index contributed by atoms with van der Waals surface area (Å²) in [4.78, 5) is 22.5. The van der Waals surface area contributed by atoms with Gasteiger partial charge in [0.15, 0.2) is 11.5 Å². The second kappa shape index (κ2) is 8.68. The van der Waals surface area contributed by atoms with Crippen molar-refractivity contribution in [2.75, 3.05) is 20.3 Å². The predicted octanol–water partition coefficient (Wildman–Crippen LogP) is 1.41. The van der Waals surface area contributed by atoms with Crippen molar-refractivity contribution in [3.63, 3.8) is 0 Å². The van der Waals surface area contributed by atoms with Crippen molar-refractivity contribution >= 4 is 12.0 Å². The smallest absolute Gasteiger partial charge is 0.425 e. The van der Waals surface area contributed by atoms with Crippen molar-refractivity contribution in [1.82, 2.24) is 10.9 Å². The number of rotatable bonds is 6. The summed E-state index contributed by atoms with van der Waals surface area (Å²) in [5.41, 5.74) is 5.09. The maximum atomic E-state index is 11.7. The molecule has 0 fully saturated rings. The normalized spacial score (nSPS) is 9.67. The summed E-state index contributed by atoms with van der Waals surface area (Å²) >= 11 is 0. The Hall–Kier alpha value is -2.44.